The molecule has 2 atom stereocenters. The molecular formula is C47H43N7O11. The predicted molar refractivity (Wildman–Crippen MR) is 239 cm³/mol. The molecule has 6 amide bonds. The maximum absolute atomic E-state index is 13.6. The molecule has 18 nitrogen and oxygen atoms in total. The minimum Gasteiger partial charge on any atom is -0.504 e. The van der Waals surface area contributed by atoms with Crippen LogP contribution in [0.2, 0.25) is 0 Å². The molecule has 0 aliphatic heterocycles. The van der Waals surface area contributed by atoms with Gasteiger partial charge in [0, 0.05) is 40.9 Å². The number of carbonyl (C=O) groups excluding carboxylic acids is 6. The Morgan fingerprint density at radius 3 is 1.75 bits per heavy atom. The van der Waals surface area contributed by atoms with Gasteiger partial charge in [-0.25, -0.2) is 4.79 Å². The summed E-state index contributed by atoms with van der Waals surface area (Å²) in [6.07, 6.45) is -0.451. The van der Waals surface area contributed by atoms with Gasteiger partial charge in [-0.05, 0) is 129 Å². The molecule has 0 saturated heterocycles. The Balaban J connectivity index is 1.24. The van der Waals surface area contributed by atoms with Crippen LogP contribution in [0, 0.1) is 11.3 Å². The molecule has 0 aliphatic carbocycles. The quantitative estimate of drug-likeness (QED) is 0.0535. The smallest absolute Gasteiger partial charge is 0.335 e. The molecule has 332 valence electrons. The van der Waals surface area contributed by atoms with Crippen LogP contribution in [0.5, 0.6) is 11.5 Å². The van der Waals surface area contributed by atoms with Crippen LogP contribution in [-0.2, 0) is 19.1 Å². The van der Waals surface area contributed by atoms with Crippen molar-refractivity contribution in [1.82, 2.24) is 5.32 Å². The van der Waals surface area contributed by atoms with Crippen molar-refractivity contribution >= 4 is 70.2 Å². The molecule has 0 spiro atoms. The van der Waals surface area contributed by atoms with Crippen molar-refractivity contribution in [3.05, 3.63) is 148 Å². The third-order valence-electron chi connectivity index (χ3n) is 9.37. The minimum absolute atomic E-state index is 0.0153. The first-order valence-corrected chi connectivity index (χ1v) is 19.6. The van der Waals surface area contributed by atoms with Gasteiger partial charge in [-0.3, -0.25) is 28.8 Å². The van der Waals surface area contributed by atoms with Crippen LogP contribution >= 0.6 is 0 Å². The summed E-state index contributed by atoms with van der Waals surface area (Å²) in [6.45, 7) is 4.96. The Kier molecular flexibility index (Phi) is 15.5. The normalized spacial score (nSPS) is 11.8. The fourth-order valence-electron chi connectivity index (χ4n) is 6.05. The Morgan fingerprint density at radius 2 is 1.23 bits per heavy atom. The molecule has 65 heavy (non-hydrogen) atoms. The van der Waals surface area contributed by atoms with Crippen molar-refractivity contribution in [3.63, 3.8) is 0 Å². The second-order valence-corrected chi connectivity index (χ2v) is 14.5. The maximum Gasteiger partial charge on any atom is 0.335 e. The summed E-state index contributed by atoms with van der Waals surface area (Å²) in [4.78, 5) is 89.7. The van der Waals surface area contributed by atoms with Gasteiger partial charge >= 0.3 is 5.97 Å². The van der Waals surface area contributed by atoms with Crippen molar-refractivity contribution in [2.75, 3.05) is 28.4 Å². The van der Waals surface area contributed by atoms with Crippen molar-refractivity contribution in [1.29, 1.82) is 5.26 Å². The summed E-state index contributed by atoms with van der Waals surface area (Å²) < 4.78 is 11.0. The molecule has 0 fully saturated rings. The fourth-order valence-corrected chi connectivity index (χ4v) is 6.05. The number of amides is 6. The Labute approximate surface area is 372 Å². The van der Waals surface area contributed by atoms with E-state index in [1.54, 1.807) is 51.1 Å². The van der Waals surface area contributed by atoms with Gasteiger partial charge in [0.15, 0.2) is 17.6 Å². The number of phenolic OH excluding ortho intramolecular Hbond substituents is 1. The van der Waals surface area contributed by atoms with Crippen LogP contribution in [0.4, 0.5) is 22.7 Å². The van der Waals surface area contributed by atoms with Crippen LogP contribution < -0.4 is 37.1 Å². The van der Waals surface area contributed by atoms with E-state index in [2.05, 4.69) is 26.6 Å². The number of methoxy groups -OCH3 is 1. The highest BCUT2D eigenvalue weighted by atomic mass is 16.5. The molecule has 0 saturated carbocycles. The van der Waals surface area contributed by atoms with Gasteiger partial charge in [-0.15, -0.1) is 0 Å². The van der Waals surface area contributed by atoms with Gasteiger partial charge in [0.2, 0.25) is 11.8 Å². The number of carboxylic acids is 1. The number of aromatic carboxylic acids is 1. The van der Waals surface area contributed by atoms with Crippen LogP contribution in [0.3, 0.4) is 0 Å². The van der Waals surface area contributed by atoms with Gasteiger partial charge < -0.3 is 52.0 Å². The van der Waals surface area contributed by atoms with E-state index in [0.717, 1.165) is 12.7 Å². The summed E-state index contributed by atoms with van der Waals surface area (Å²) >= 11 is 0. The van der Waals surface area contributed by atoms with Crippen LogP contribution in [0.15, 0.2) is 115 Å². The molecule has 0 radical (unpaired) electrons. The number of ether oxygens (including phenoxy) is 2. The fraction of sp³-hybridized carbons (Fsp3) is 0.149. The number of carbonyl (C=O) groups is 7. The highest BCUT2D eigenvalue weighted by Gasteiger charge is 2.34. The predicted octanol–water partition coefficient (Wildman–Crippen LogP) is 5.53. The van der Waals surface area contributed by atoms with Crippen molar-refractivity contribution in [2.24, 2.45) is 5.73 Å². The first kappa shape index (κ1) is 47.2. The highest BCUT2D eigenvalue weighted by Crippen LogP contribution is 2.39. The average molecular weight is 882 g/mol. The summed E-state index contributed by atoms with van der Waals surface area (Å²) in [5.41, 5.74) is 7.90. The third-order valence-corrected chi connectivity index (χ3v) is 9.37. The van der Waals surface area contributed by atoms with Crippen LogP contribution in [-0.4, -0.2) is 77.0 Å². The molecule has 5 aromatic rings. The molecule has 0 aromatic heterocycles. The summed E-state index contributed by atoms with van der Waals surface area (Å²) in [7, 11) is 1.13. The number of aromatic hydroxyl groups is 1. The largest absolute Gasteiger partial charge is 0.504 e. The van der Waals surface area contributed by atoms with E-state index in [1.165, 1.54) is 84.9 Å². The van der Waals surface area contributed by atoms with E-state index in [1.807, 2.05) is 6.07 Å². The average Bonchev–Trinajstić information content (AvgIpc) is 3.28. The van der Waals surface area contributed by atoms with E-state index in [9.17, 15) is 38.7 Å². The molecule has 2 unspecified atom stereocenters. The van der Waals surface area contributed by atoms with Gasteiger partial charge in [-0.1, -0.05) is 12.1 Å². The lowest BCUT2D eigenvalue weighted by Crippen LogP contribution is -2.56. The zero-order valence-corrected chi connectivity index (χ0v) is 35.3. The standard InChI is InChI=1S/C47H43N7O11/c1-25(2)65-39-36(22-21-35(38(39)55)45(60)51-33-19-13-31(14-20-33)47(62)63)53-43(58)29-9-17-34(18-10-29)52-46(61)37(40(64-4)41(49)56)54-44(59)30-11-15-32(16-12-30)50-42(57)26(3)23-27-5-7-28(24-48)8-6-27/h5-23,25,37,40,55H,1-4H3,(H2,49,56)(H,50,57)(H,51,60)(H,52,61)(H,53,58)(H,54,59)(H,62,63)/b26-23+. The molecule has 5 rings (SSSR count). The van der Waals surface area contributed by atoms with Crippen molar-refractivity contribution in [3.8, 4) is 17.6 Å². The topological polar surface area (TPSA) is 288 Å². The van der Waals surface area contributed by atoms with E-state index >= 15 is 0 Å². The Bertz CT molecular complexity index is 2690. The Morgan fingerprint density at radius 1 is 0.692 bits per heavy atom. The first-order valence-electron chi connectivity index (χ1n) is 19.6. The van der Waals surface area contributed by atoms with Gasteiger partial charge in [0.05, 0.1) is 34.6 Å². The number of hydrogen-bond acceptors (Lipinski definition) is 11. The number of rotatable bonds is 17. The minimum atomic E-state index is -1.63. The number of primary amides is 1. The monoisotopic (exact) mass is 881 g/mol. The molecular weight excluding hydrogens is 839 g/mol. The molecule has 0 aliphatic rings. The second kappa shape index (κ2) is 21.3. The summed E-state index contributed by atoms with van der Waals surface area (Å²) in [5.74, 6) is -6.41. The highest BCUT2D eigenvalue weighted by molar-refractivity contribution is 6.10. The van der Waals surface area contributed by atoms with Crippen LogP contribution in [0.25, 0.3) is 6.08 Å². The van der Waals surface area contributed by atoms with Gasteiger partial charge in [0.25, 0.3) is 23.6 Å². The van der Waals surface area contributed by atoms with E-state index in [4.69, 9.17) is 25.6 Å². The SMILES string of the molecule is COC(C(N)=O)C(NC(=O)c1ccc(NC(=O)/C(C)=C/c2ccc(C#N)cc2)cc1)C(=O)Nc1ccc(C(=O)Nc2ccc(C(=O)Nc3ccc(C(=O)O)cc3)c(O)c2OC(C)C)cc1. The third kappa shape index (κ3) is 12.4. The maximum atomic E-state index is 13.6. The number of benzene rings is 5. The number of nitrogens with two attached hydrogens (primary N) is 1. The molecule has 0 bridgehead atoms. The van der Waals surface area contributed by atoms with Crippen molar-refractivity contribution in [2.45, 2.75) is 39.0 Å². The zero-order chi connectivity index (χ0) is 47.4. The number of hydrogen-bond donors (Lipinski definition) is 8. The lowest BCUT2D eigenvalue weighted by molar-refractivity contribution is -0.134. The van der Waals surface area contributed by atoms with E-state index in [-0.39, 0.29) is 45.1 Å². The lowest BCUT2D eigenvalue weighted by atomic mass is 10.1. The van der Waals surface area contributed by atoms with E-state index < -0.39 is 65.4 Å². The second-order valence-electron chi connectivity index (χ2n) is 14.5. The number of anilines is 4. The Hall–Kier alpha value is -8.82. The first-order chi connectivity index (χ1) is 31.0. The lowest BCUT2D eigenvalue weighted by Gasteiger charge is -2.24. The summed E-state index contributed by atoms with van der Waals surface area (Å²) in [5, 5.41) is 42.2. The zero-order valence-electron chi connectivity index (χ0n) is 35.3. The number of nitrogens with zero attached hydrogens (tertiary/aromatic N) is 1. The van der Waals surface area contributed by atoms with Crippen LogP contribution in [0.1, 0.15) is 73.3 Å². The molecule has 5 aromatic carbocycles. The van der Waals surface area contributed by atoms with Gasteiger partial charge in [-0.2, -0.15) is 5.26 Å². The van der Waals surface area contributed by atoms with E-state index in [0.29, 0.717) is 16.8 Å². The molecule has 18 heteroatoms. The van der Waals surface area contributed by atoms with Crippen molar-refractivity contribution < 1.29 is 53.2 Å². The summed E-state index contributed by atoms with van der Waals surface area (Å²) in [6, 6.07) is 26.3. The number of phenols is 1. The number of carboxylic acid groups (broad SMARTS) is 1. The molecule has 9 N–H and O–H groups in total. The number of nitrogens with one attached hydrogen (secondary N) is 5. The molecule has 0 heterocycles. The number of nitriles is 1. The van der Waals surface area contributed by atoms with Gasteiger partial charge in [0.1, 0.15) is 6.04 Å².